The Morgan fingerprint density at radius 1 is 1.32 bits per heavy atom. The molecule has 2 rings (SSSR count). The van der Waals surface area contributed by atoms with Crippen molar-refractivity contribution in [1.29, 1.82) is 0 Å². The third kappa shape index (κ3) is 3.95. The first kappa shape index (κ1) is 15.8. The summed E-state index contributed by atoms with van der Waals surface area (Å²) in [6, 6.07) is 5.01. The number of aryl methyl sites for hydroxylation is 2. The Labute approximate surface area is 127 Å². The molecule has 0 radical (unpaired) electrons. The van der Waals surface area contributed by atoms with Crippen molar-refractivity contribution in [2.75, 3.05) is 7.11 Å². The lowest BCUT2D eigenvalue weighted by molar-refractivity contribution is -0.122. The van der Waals surface area contributed by atoms with Crippen LogP contribution in [0, 0.1) is 13.8 Å². The van der Waals surface area contributed by atoms with E-state index in [1.807, 2.05) is 19.9 Å². The Kier molecular flexibility index (Phi) is 4.95. The predicted molar refractivity (Wildman–Crippen MR) is 76.7 cm³/mol. The Morgan fingerprint density at radius 3 is 2.73 bits per heavy atom. The van der Waals surface area contributed by atoms with Crippen LogP contribution in [0.5, 0.6) is 0 Å². The first-order valence-corrected chi connectivity index (χ1v) is 6.67. The van der Waals surface area contributed by atoms with Gasteiger partial charge in [-0.2, -0.15) is 5.10 Å². The van der Waals surface area contributed by atoms with Crippen LogP contribution in [0.15, 0.2) is 22.6 Å². The van der Waals surface area contributed by atoms with Gasteiger partial charge in [0.25, 0.3) is 5.91 Å². The highest BCUT2D eigenvalue weighted by molar-refractivity contribution is 5.92. The molecule has 0 bridgehead atoms. The van der Waals surface area contributed by atoms with E-state index in [1.54, 1.807) is 10.7 Å². The number of carbonyl (C=O) groups is 2. The number of nitrogens with one attached hydrogen (secondary N) is 2. The van der Waals surface area contributed by atoms with E-state index in [0.717, 1.165) is 11.4 Å². The molecule has 8 heteroatoms. The summed E-state index contributed by atoms with van der Waals surface area (Å²) in [6.07, 6.45) is 0. The number of ether oxygens (including phenoxy) is 1. The molecule has 0 saturated heterocycles. The largest absolute Gasteiger partial charge is 0.453 e. The van der Waals surface area contributed by atoms with Crippen LogP contribution in [0.3, 0.4) is 0 Å². The zero-order valence-electron chi connectivity index (χ0n) is 12.7. The summed E-state index contributed by atoms with van der Waals surface area (Å²) >= 11 is 0. The Hall–Kier alpha value is -2.61. The minimum absolute atomic E-state index is 0.0209. The fourth-order valence-corrected chi connectivity index (χ4v) is 1.92. The van der Waals surface area contributed by atoms with Crippen LogP contribution in [0.2, 0.25) is 0 Å². The van der Waals surface area contributed by atoms with Crippen molar-refractivity contribution in [3.63, 3.8) is 0 Å². The first-order chi connectivity index (χ1) is 10.5. The van der Waals surface area contributed by atoms with E-state index in [9.17, 15) is 9.59 Å². The van der Waals surface area contributed by atoms with Crippen molar-refractivity contribution in [2.24, 2.45) is 0 Å². The molecule has 0 unspecified atom stereocenters. The molecule has 2 aromatic rings. The number of rotatable bonds is 5. The maximum Gasteiger partial charge on any atom is 0.305 e. The second kappa shape index (κ2) is 6.90. The Bertz CT molecular complexity index is 674. The molecule has 2 amide bonds. The lowest BCUT2D eigenvalue weighted by Crippen LogP contribution is -2.43. The summed E-state index contributed by atoms with van der Waals surface area (Å²) in [4.78, 5) is 23.6. The van der Waals surface area contributed by atoms with Gasteiger partial charge in [0.1, 0.15) is 18.9 Å². The Balaban J connectivity index is 1.84. The van der Waals surface area contributed by atoms with Crippen LogP contribution in [0.1, 0.15) is 27.7 Å². The normalized spacial score (nSPS) is 10.5. The number of nitrogens with zero attached hydrogens (tertiary/aromatic N) is 2. The van der Waals surface area contributed by atoms with Crippen LogP contribution in [-0.4, -0.2) is 28.7 Å². The van der Waals surface area contributed by atoms with Crippen LogP contribution in [0.25, 0.3) is 0 Å². The van der Waals surface area contributed by atoms with E-state index in [0.29, 0.717) is 5.76 Å². The molecule has 0 aromatic carbocycles. The van der Waals surface area contributed by atoms with Gasteiger partial charge in [0.2, 0.25) is 0 Å². The lowest BCUT2D eigenvalue weighted by atomic mass is 10.4. The average molecular weight is 306 g/mol. The average Bonchev–Trinajstić information content (AvgIpc) is 3.04. The van der Waals surface area contributed by atoms with E-state index in [-0.39, 0.29) is 24.8 Å². The highest BCUT2D eigenvalue weighted by Gasteiger charge is 2.13. The molecule has 0 aliphatic carbocycles. The summed E-state index contributed by atoms with van der Waals surface area (Å²) < 4.78 is 11.7. The molecule has 0 saturated carbocycles. The molecule has 0 aliphatic heterocycles. The van der Waals surface area contributed by atoms with Crippen molar-refractivity contribution >= 4 is 11.8 Å². The van der Waals surface area contributed by atoms with E-state index < -0.39 is 5.91 Å². The fraction of sp³-hybridized carbons (Fsp3) is 0.357. The van der Waals surface area contributed by atoms with Gasteiger partial charge in [-0.1, -0.05) is 0 Å². The summed E-state index contributed by atoms with van der Waals surface area (Å²) in [7, 11) is 1.53. The van der Waals surface area contributed by atoms with Crippen molar-refractivity contribution in [1.82, 2.24) is 20.6 Å². The van der Waals surface area contributed by atoms with Gasteiger partial charge in [-0.25, -0.2) is 0 Å². The van der Waals surface area contributed by atoms with Crippen LogP contribution < -0.4 is 10.9 Å². The molecule has 0 spiro atoms. The topological polar surface area (TPSA) is 98.4 Å². The van der Waals surface area contributed by atoms with Gasteiger partial charge in [0.15, 0.2) is 5.76 Å². The number of furan rings is 1. The molecule has 8 nitrogen and oxygen atoms in total. The smallest absolute Gasteiger partial charge is 0.305 e. The monoisotopic (exact) mass is 306 g/mol. The number of hydrazine groups is 1. The molecule has 2 N–H and O–H groups in total. The zero-order valence-corrected chi connectivity index (χ0v) is 12.7. The maximum atomic E-state index is 11.8. The van der Waals surface area contributed by atoms with Gasteiger partial charge in [-0.15, -0.1) is 0 Å². The van der Waals surface area contributed by atoms with E-state index >= 15 is 0 Å². The van der Waals surface area contributed by atoms with Crippen LogP contribution >= 0.6 is 0 Å². The summed E-state index contributed by atoms with van der Waals surface area (Å²) in [5.74, 6) is -0.299. The molecule has 118 valence electrons. The van der Waals surface area contributed by atoms with Gasteiger partial charge in [0, 0.05) is 12.8 Å². The van der Waals surface area contributed by atoms with E-state index in [4.69, 9.17) is 9.15 Å². The highest BCUT2D eigenvalue weighted by Crippen LogP contribution is 2.08. The number of carbonyl (C=O) groups excluding carboxylic acids is 2. The predicted octanol–water partition coefficient (Wildman–Crippen LogP) is 0.701. The quantitative estimate of drug-likeness (QED) is 0.792. The molecule has 0 aliphatic rings. The van der Waals surface area contributed by atoms with E-state index in [1.165, 1.54) is 13.2 Å². The van der Waals surface area contributed by atoms with Gasteiger partial charge in [0.05, 0.1) is 5.69 Å². The fourth-order valence-electron chi connectivity index (χ4n) is 1.92. The number of methoxy groups -OCH3 is 1. The molecule has 2 heterocycles. The number of amides is 2. The number of hydrogen-bond donors (Lipinski definition) is 2. The molecular weight excluding hydrogens is 288 g/mol. The number of hydrogen-bond acceptors (Lipinski definition) is 5. The molecule has 22 heavy (non-hydrogen) atoms. The second-order valence-corrected chi connectivity index (χ2v) is 4.79. The van der Waals surface area contributed by atoms with Crippen molar-refractivity contribution in [3.8, 4) is 0 Å². The maximum absolute atomic E-state index is 11.8. The van der Waals surface area contributed by atoms with Crippen molar-refractivity contribution in [3.05, 3.63) is 41.1 Å². The minimum atomic E-state index is -0.538. The SMILES string of the molecule is COCc1ccc(C(=O)NNC(=O)Cn2nc(C)cc2C)o1. The van der Waals surface area contributed by atoms with E-state index in [2.05, 4.69) is 16.0 Å². The molecule has 0 fully saturated rings. The molecular formula is C14H18N4O4. The molecule has 0 atom stereocenters. The van der Waals surface area contributed by atoms with Crippen molar-refractivity contribution in [2.45, 2.75) is 27.0 Å². The third-order valence-corrected chi connectivity index (χ3v) is 2.88. The summed E-state index contributed by atoms with van der Waals surface area (Å²) in [5.41, 5.74) is 6.30. The van der Waals surface area contributed by atoms with Crippen LogP contribution in [-0.2, 0) is 22.7 Å². The van der Waals surface area contributed by atoms with Crippen LogP contribution in [0.4, 0.5) is 0 Å². The lowest BCUT2D eigenvalue weighted by Gasteiger charge is -2.07. The van der Waals surface area contributed by atoms with Gasteiger partial charge < -0.3 is 9.15 Å². The zero-order chi connectivity index (χ0) is 16.1. The first-order valence-electron chi connectivity index (χ1n) is 6.67. The second-order valence-electron chi connectivity index (χ2n) is 4.79. The molecule has 2 aromatic heterocycles. The van der Waals surface area contributed by atoms with Crippen molar-refractivity contribution < 1.29 is 18.7 Å². The van der Waals surface area contributed by atoms with Gasteiger partial charge in [-0.3, -0.25) is 25.1 Å². The summed E-state index contributed by atoms with van der Waals surface area (Å²) in [5, 5.41) is 4.17. The van der Waals surface area contributed by atoms with Gasteiger partial charge in [-0.05, 0) is 32.0 Å². The summed E-state index contributed by atoms with van der Waals surface area (Å²) in [6.45, 7) is 3.99. The number of aromatic nitrogens is 2. The highest BCUT2D eigenvalue weighted by atomic mass is 16.5. The Morgan fingerprint density at radius 2 is 2.09 bits per heavy atom. The van der Waals surface area contributed by atoms with Gasteiger partial charge >= 0.3 is 5.91 Å². The minimum Gasteiger partial charge on any atom is -0.453 e. The standard InChI is InChI=1S/C14H18N4O4/c1-9-6-10(2)18(17-9)7-13(19)15-16-14(20)12-5-4-11(22-12)8-21-3/h4-6H,7-8H2,1-3H3,(H,15,19)(H,16,20). The third-order valence-electron chi connectivity index (χ3n) is 2.88.